The summed E-state index contributed by atoms with van der Waals surface area (Å²) in [5, 5.41) is 1.89. The number of hydrogen-bond acceptors (Lipinski definition) is 2. The van der Waals surface area contributed by atoms with Gasteiger partial charge < -0.3 is 9.80 Å². The van der Waals surface area contributed by atoms with Gasteiger partial charge in [0.2, 0.25) is 5.91 Å². The minimum absolute atomic E-state index is 0.0329. The summed E-state index contributed by atoms with van der Waals surface area (Å²) in [7, 11) is 0. The normalized spacial score (nSPS) is 16.6. The number of nitrogens with zero attached hydrogens (tertiary/aromatic N) is 2. The van der Waals surface area contributed by atoms with E-state index in [1.807, 2.05) is 71.6 Å². The van der Waals surface area contributed by atoms with Gasteiger partial charge in [-0.25, -0.2) is 0 Å². The van der Waals surface area contributed by atoms with Gasteiger partial charge >= 0.3 is 0 Å². The summed E-state index contributed by atoms with van der Waals surface area (Å²) >= 11 is 18.7. The van der Waals surface area contributed by atoms with Crippen molar-refractivity contribution < 1.29 is 4.79 Å². The highest BCUT2D eigenvalue weighted by atomic mass is 35.5. The summed E-state index contributed by atoms with van der Waals surface area (Å²) in [5.74, 6) is 0.127. The number of halogens is 3. The molecule has 1 atom stereocenters. The van der Waals surface area contributed by atoms with Crippen molar-refractivity contribution in [3.63, 3.8) is 0 Å². The summed E-state index contributed by atoms with van der Waals surface area (Å²) in [5.41, 5.74) is 3.02. The van der Waals surface area contributed by atoms with Crippen LogP contribution in [0.25, 0.3) is 0 Å². The molecule has 0 spiro atoms. The molecule has 0 N–H and O–H groups in total. The van der Waals surface area contributed by atoms with Crippen molar-refractivity contribution in [2.24, 2.45) is 0 Å². The second kappa shape index (κ2) is 9.30. The number of hydrogen-bond donors (Lipinski definition) is 0. The Bertz CT molecular complexity index is 1020. The topological polar surface area (TPSA) is 23.6 Å². The van der Waals surface area contributed by atoms with Gasteiger partial charge in [0.15, 0.2) is 0 Å². The lowest BCUT2D eigenvalue weighted by Gasteiger charge is -2.43. The Morgan fingerprint density at radius 2 is 1.57 bits per heavy atom. The quantitative estimate of drug-likeness (QED) is 0.458. The van der Waals surface area contributed by atoms with E-state index in [1.54, 1.807) is 6.07 Å². The number of benzene rings is 3. The minimum atomic E-state index is -0.0329. The van der Waals surface area contributed by atoms with E-state index in [4.69, 9.17) is 34.8 Å². The fraction of sp³-hybridized carbons (Fsp3) is 0.208. The molecule has 4 rings (SSSR count). The predicted octanol–water partition coefficient (Wildman–Crippen LogP) is 6.28. The molecule has 3 nitrogen and oxygen atoms in total. The second-order valence-corrected chi connectivity index (χ2v) is 8.64. The summed E-state index contributed by atoms with van der Waals surface area (Å²) in [6, 6.07) is 23.1. The molecule has 154 valence electrons. The fourth-order valence-electron chi connectivity index (χ4n) is 3.86. The third-order valence-corrected chi connectivity index (χ3v) is 6.19. The van der Waals surface area contributed by atoms with Crippen LogP contribution in [-0.4, -0.2) is 30.4 Å². The maximum atomic E-state index is 13.0. The zero-order chi connectivity index (χ0) is 21.1. The molecule has 3 aromatic rings. The Morgan fingerprint density at radius 1 is 0.867 bits per heavy atom. The van der Waals surface area contributed by atoms with Crippen LogP contribution >= 0.6 is 34.8 Å². The largest absolute Gasteiger partial charge is 0.360 e. The molecule has 0 bridgehead atoms. The fourth-order valence-corrected chi connectivity index (χ4v) is 4.51. The Morgan fingerprint density at radius 3 is 2.27 bits per heavy atom. The van der Waals surface area contributed by atoms with Crippen LogP contribution in [-0.2, 0) is 11.2 Å². The second-order valence-electron chi connectivity index (χ2n) is 7.36. The van der Waals surface area contributed by atoms with E-state index in [2.05, 4.69) is 4.90 Å². The van der Waals surface area contributed by atoms with Gasteiger partial charge in [-0.15, -0.1) is 0 Å². The molecule has 3 aromatic carbocycles. The van der Waals surface area contributed by atoms with Crippen molar-refractivity contribution >= 4 is 46.4 Å². The molecule has 1 heterocycles. The van der Waals surface area contributed by atoms with E-state index in [9.17, 15) is 4.79 Å². The van der Waals surface area contributed by atoms with Crippen molar-refractivity contribution in [1.82, 2.24) is 4.90 Å². The Balaban J connectivity index is 1.61. The number of carbonyl (C=O) groups excluding carboxylic acids is 1. The van der Waals surface area contributed by atoms with Gasteiger partial charge in [-0.2, -0.15) is 0 Å². The van der Waals surface area contributed by atoms with E-state index < -0.39 is 0 Å². The zero-order valence-corrected chi connectivity index (χ0v) is 18.5. The number of amides is 1. The van der Waals surface area contributed by atoms with Gasteiger partial charge in [0.25, 0.3) is 0 Å². The summed E-state index contributed by atoms with van der Waals surface area (Å²) in [6.45, 7) is 1.89. The Hall–Kier alpha value is -2.20. The van der Waals surface area contributed by atoms with Crippen molar-refractivity contribution in [2.45, 2.75) is 12.5 Å². The first-order chi connectivity index (χ1) is 14.5. The first kappa shape index (κ1) is 21.0. The van der Waals surface area contributed by atoms with E-state index >= 15 is 0 Å². The van der Waals surface area contributed by atoms with Crippen LogP contribution in [0.1, 0.15) is 17.2 Å². The van der Waals surface area contributed by atoms with Crippen LogP contribution in [0, 0.1) is 0 Å². The first-order valence-electron chi connectivity index (χ1n) is 9.80. The molecule has 1 aliphatic heterocycles. The highest BCUT2D eigenvalue weighted by Crippen LogP contribution is 2.37. The molecule has 1 aliphatic rings. The maximum Gasteiger partial charge on any atom is 0.227 e. The van der Waals surface area contributed by atoms with Crippen LogP contribution in [0.3, 0.4) is 0 Å². The Kier molecular flexibility index (Phi) is 6.52. The van der Waals surface area contributed by atoms with Gasteiger partial charge in [0.05, 0.1) is 23.2 Å². The van der Waals surface area contributed by atoms with Crippen LogP contribution < -0.4 is 4.90 Å². The van der Waals surface area contributed by atoms with Crippen molar-refractivity contribution in [3.8, 4) is 0 Å². The molecule has 0 saturated carbocycles. The number of carbonyl (C=O) groups is 1. The lowest BCUT2D eigenvalue weighted by molar-refractivity contribution is -0.131. The molecule has 0 radical (unpaired) electrons. The van der Waals surface area contributed by atoms with Gasteiger partial charge in [-0.3, -0.25) is 4.79 Å². The zero-order valence-electron chi connectivity index (χ0n) is 16.3. The van der Waals surface area contributed by atoms with Gasteiger partial charge in [-0.1, -0.05) is 77.3 Å². The van der Waals surface area contributed by atoms with E-state index in [0.29, 0.717) is 41.1 Å². The average Bonchev–Trinajstić information content (AvgIpc) is 2.75. The first-order valence-corrected chi connectivity index (χ1v) is 10.9. The monoisotopic (exact) mass is 458 g/mol. The lowest BCUT2D eigenvalue weighted by atomic mass is 10.0. The van der Waals surface area contributed by atoms with E-state index in [-0.39, 0.29) is 11.9 Å². The van der Waals surface area contributed by atoms with Crippen LogP contribution in [0.2, 0.25) is 15.1 Å². The molecule has 30 heavy (non-hydrogen) atoms. The lowest BCUT2D eigenvalue weighted by Crippen LogP contribution is -2.51. The third kappa shape index (κ3) is 4.75. The molecular weight excluding hydrogens is 439 g/mol. The highest BCUT2D eigenvalue weighted by molar-refractivity contribution is 6.36. The van der Waals surface area contributed by atoms with Gasteiger partial charge in [-0.05, 0) is 41.5 Å². The van der Waals surface area contributed by atoms with Crippen molar-refractivity contribution in [2.75, 3.05) is 24.5 Å². The summed E-state index contributed by atoms with van der Waals surface area (Å²) in [4.78, 5) is 17.2. The molecule has 6 heteroatoms. The molecule has 0 aliphatic carbocycles. The highest BCUT2D eigenvalue weighted by Gasteiger charge is 2.31. The number of rotatable bonds is 4. The van der Waals surface area contributed by atoms with E-state index in [0.717, 1.165) is 16.8 Å². The number of anilines is 1. The summed E-state index contributed by atoms with van der Waals surface area (Å²) in [6.07, 6.45) is 0.399. The molecule has 1 fully saturated rings. The average molecular weight is 460 g/mol. The van der Waals surface area contributed by atoms with Gasteiger partial charge in [0.1, 0.15) is 0 Å². The Labute approximate surface area is 191 Å². The maximum absolute atomic E-state index is 13.0. The van der Waals surface area contributed by atoms with Crippen molar-refractivity contribution in [1.29, 1.82) is 0 Å². The molecular formula is C24H21Cl3N2O. The molecule has 0 unspecified atom stereocenters. The molecule has 0 aromatic heterocycles. The SMILES string of the molecule is O=C(Cc1ccccc1)N1CCN(c2ccc(Cl)cc2Cl)[C@H](c2ccc(Cl)cc2)C1. The standard InChI is InChI=1S/C24H21Cl3N2O/c25-19-8-6-18(7-9-19)23-16-28(24(30)14-17-4-2-1-3-5-17)12-13-29(23)22-11-10-20(26)15-21(22)27/h1-11,15,23H,12-14,16H2/t23-/m0/s1. The number of piperazine rings is 1. The third-order valence-electron chi connectivity index (χ3n) is 5.41. The van der Waals surface area contributed by atoms with E-state index in [1.165, 1.54) is 0 Å². The van der Waals surface area contributed by atoms with Crippen LogP contribution in [0.5, 0.6) is 0 Å². The van der Waals surface area contributed by atoms with Gasteiger partial charge in [0, 0.05) is 29.7 Å². The smallest absolute Gasteiger partial charge is 0.227 e. The van der Waals surface area contributed by atoms with Crippen LogP contribution in [0.4, 0.5) is 5.69 Å². The summed E-state index contributed by atoms with van der Waals surface area (Å²) < 4.78 is 0. The minimum Gasteiger partial charge on any atom is -0.360 e. The van der Waals surface area contributed by atoms with Crippen LogP contribution in [0.15, 0.2) is 72.8 Å². The predicted molar refractivity (Wildman–Crippen MR) is 125 cm³/mol. The van der Waals surface area contributed by atoms with Crippen molar-refractivity contribution in [3.05, 3.63) is 99.0 Å². The molecule has 1 amide bonds. The molecule has 1 saturated heterocycles.